The number of benzene rings is 1. The minimum absolute atomic E-state index is 0.229. The van der Waals surface area contributed by atoms with Crippen LogP contribution in [0.25, 0.3) is 10.9 Å². The first-order chi connectivity index (χ1) is 11.0. The molecule has 0 bridgehead atoms. The number of carbonyl (C=O) groups is 1. The number of thiocarbonyl (C=S) groups is 1. The molecule has 116 valence electrons. The molecule has 0 aliphatic heterocycles. The van der Waals surface area contributed by atoms with Gasteiger partial charge in [0.25, 0.3) is 5.69 Å². The van der Waals surface area contributed by atoms with Crippen molar-refractivity contribution in [1.82, 2.24) is 15.4 Å². The topological polar surface area (TPSA) is 73.7 Å². The van der Waals surface area contributed by atoms with E-state index in [1.807, 2.05) is 37.3 Å². The van der Waals surface area contributed by atoms with Crippen LogP contribution in [-0.2, 0) is 7.05 Å². The molecule has 0 radical (unpaired) electrons. The minimum atomic E-state index is -0.282. The average molecular weight is 326 g/mol. The van der Waals surface area contributed by atoms with E-state index in [4.69, 9.17) is 12.2 Å². The second-order valence-corrected chi connectivity index (χ2v) is 5.55. The number of fused-ring (bicyclic) bond motifs is 1. The third kappa shape index (κ3) is 3.19. The fourth-order valence-corrected chi connectivity index (χ4v) is 2.51. The average Bonchev–Trinajstić information content (AvgIpc) is 2.94. The van der Waals surface area contributed by atoms with E-state index in [1.165, 1.54) is 0 Å². The van der Waals surface area contributed by atoms with Crippen molar-refractivity contribution in [2.75, 3.05) is 5.32 Å². The van der Waals surface area contributed by atoms with Gasteiger partial charge in [0.15, 0.2) is 12.2 Å². The lowest BCUT2D eigenvalue weighted by Gasteiger charge is -2.10. The molecule has 3 aromatic rings. The van der Waals surface area contributed by atoms with Crippen LogP contribution in [0.3, 0.4) is 0 Å². The summed E-state index contributed by atoms with van der Waals surface area (Å²) in [5.74, 6) is -0.282. The lowest BCUT2D eigenvalue weighted by molar-refractivity contribution is -0.728. The molecule has 3 rings (SSSR count). The van der Waals surface area contributed by atoms with Crippen molar-refractivity contribution in [3.05, 3.63) is 54.0 Å². The van der Waals surface area contributed by atoms with Gasteiger partial charge in [0, 0.05) is 17.1 Å². The predicted octanol–water partition coefficient (Wildman–Crippen LogP) is 1.82. The van der Waals surface area contributed by atoms with Crippen LogP contribution in [0.1, 0.15) is 16.2 Å². The fraction of sp³-hybridized carbons (Fsp3) is 0.125. The predicted molar refractivity (Wildman–Crippen MR) is 92.1 cm³/mol. The van der Waals surface area contributed by atoms with Crippen molar-refractivity contribution in [3.63, 3.8) is 0 Å². The smallest absolute Gasteiger partial charge is 0.324 e. The van der Waals surface area contributed by atoms with Gasteiger partial charge in [-0.3, -0.25) is 15.1 Å². The molecule has 0 aliphatic carbocycles. The summed E-state index contributed by atoms with van der Waals surface area (Å²) in [5, 5.41) is 9.83. The summed E-state index contributed by atoms with van der Waals surface area (Å²) in [4.78, 5) is 16.7. The van der Waals surface area contributed by atoms with Crippen LogP contribution >= 0.6 is 12.2 Å². The summed E-state index contributed by atoms with van der Waals surface area (Å²) in [5.41, 5.74) is 2.98. The lowest BCUT2D eigenvalue weighted by atomic mass is 10.2. The molecular weight excluding hydrogens is 310 g/mol. The van der Waals surface area contributed by atoms with Crippen LogP contribution in [-0.4, -0.2) is 21.1 Å². The van der Waals surface area contributed by atoms with Crippen LogP contribution in [0.5, 0.6) is 0 Å². The first kappa shape index (κ1) is 15.1. The second-order valence-electron chi connectivity index (χ2n) is 5.14. The molecule has 7 heteroatoms. The van der Waals surface area contributed by atoms with Crippen LogP contribution in [0.2, 0.25) is 0 Å². The molecular formula is C16H16N5OS+. The van der Waals surface area contributed by atoms with Crippen LogP contribution < -0.4 is 15.3 Å². The number of para-hydroxylation sites is 1. The van der Waals surface area contributed by atoms with Crippen molar-refractivity contribution in [2.24, 2.45) is 7.05 Å². The van der Waals surface area contributed by atoms with Gasteiger partial charge in [0.05, 0.1) is 17.4 Å². The van der Waals surface area contributed by atoms with Gasteiger partial charge in [-0.15, -0.1) is 4.68 Å². The first-order valence-electron chi connectivity index (χ1n) is 7.07. The minimum Gasteiger partial charge on any atom is -0.331 e. The van der Waals surface area contributed by atoms with Gasteiger partial charge in [-0.05, 0) is 31.3 Å². The second kappa shape index (κ2) is 6.13. The molecule has 0 unspecified atom stereocenters. The standard InChI is InChI=1S/C16H15N5OS/c1-10-6-7-11-4-3-5-12(14(11)18-10)19-16(23)20-15(22)13-8-9-17-21(13)2/h3-9H,1-2H3,(H2,19,20,22,23)/p+1. The molecule has 2 aromatic heterocycles. The van der Waals surface area contributed by atoms with Gasteiger partial charge in [-0.2, -0.15) is 5.10 Å². The number of hydrogen-bond donors (Lipinski definition) is 3. The van der Waals surface area contributed by atoms with E-state index in [0.717, 1.165) is 22.3 Å². The number of aryl methyl sites for hydroxylation is 2. The fourth-order valence-electron chi connectivity index (χ4n) is 2.30. The molecule has 0 fully saturated rings. The van der Waals surface area contributed by atoms with E-state index >= 15 is 0 Å². The van der Waals surface area contributed by atoms with Crippen LogP contribution in [0.4, 0.5) is 5.69 Å². The van der Waals surface area contributed by atoms with Crippen molar-refractivity contribution in [1.29, 1.82) is 0 Å². The molecule has 0 saturated heterocycles. The number of aromatic nitrogens is 3. The van der Waals surface area contributed by atoms with E-state index in [0.29, 0.717) is 5.69 Å². The zero-order valence-electron chi connectivity index (χ0n) is 12.8. The largest absolute Gasteiger partial charge is 0.331 e. The summed E-state index contributed by atoms with van der Waals surface area (Å²) in [6.07, 6.45) is 1.68. The SMILES string of the molecule is Cc1ccc2cccc(NC(=S)NC(=O)c3cc[nH][n+]3C)c2n1. The van der Waals surface area contributed by atoms with Crippen molar-refractivity contribution >= 4 is 39.8 Å². The highest BCUT2D eigenvalue weighted by molar-refractivity contribution is 7.80. The molecule has 1 amide bonds. The van der Waals surface area contributed by atoms with Gasteiger partial charge in [0.1, 0.15) is 0 Å². The van der Waals surface area contributed by atoms with E-state index in [2.05, 4.69) is 20.7 Å². The molecule has 0 aliphatic rings. The molecule has 3 N–H and O–H groups in total. The number of anilines is 1. The Bertz CT molecular complexity index is 902. The molecule has 0 saturated carbocycles. The number of nitrogens with zero attached hydrogens (tertiary/aromatic N) is 2. The quantitative estimate of drug-likeness (QED) is 0.496. The number of nitrogens with one attached hydrogen (secondary N) is 3. The molecule has 0 spiro atoms. The Morgan fingerprint density at radius 3 is 2.83 bits per heavy atom. The number of H-pyrrole nitrogens is 1. The van der Waals surface area contributed by atoms with Crippen LogP contribution in [0.15, 0.2) is 42.6 Å². The van der Waals surface area contributed by atoms with Gasteiger partial charge < -0.3 is 5.32 Å². The Hall–Kier alpha value is -2.80. The maximum atomic E-state index is 12.1. The summed E-state index contributed by atoms with van der Waals surface area (Å²) in [6.45, 7) is 1.93. The van der Waals surface area contributed by atoms with Gasteiger partial charge in [-0.25, -0.2) is 0 Å². The van der Waals surface area contributed by atoms with E-state index in [9.17, 15) is 4.79 Å². The molecule has 2 heterocycles. The summed E-state index contributed by atoms with van der Waals surface area (Å²) in [6, 6.07) is 11.4. The summed E-state index contributed by atoms with van der Waals surface area (Å²) >= 11 is 5.23. The Balaban J connectivity index is 1.79. The Morgan fingerprint density at radius 2 is 2.09 bits per heavy atom. The van der Waals surface area contributed by atoms with E-state index < -0.39 is 0 Å². The van der Waals surface area contributed by atoms with E-state index in [1.54, 1.807) is 24.0 Å². The summed E-state index contributed by atoms with van der Waals surface area (Å²) < 4.78 is 1.61. The van der Waals surface area contributed by atoms with Crippen LogP contribution in [0, 0.1) is 6.92 Å². The first-order valence-corrected chi connectivity index (χ1v) is 7.47. The van der Waals surface area contributed by atoms with E-state index in [-0.39, 0.29) is 11.0 Å². The van der Waals surface area contributed by atoms with Gasteiger partial charge in [0.2, 0.25) is 0 Å². The molecule has 1 aromatic carbocycles. The number of pyridine rings is 1. The Kier molecular flexibility index (Phi) is 4.03. The Labute approximate surface area is 138 Å². The molecule has 23 heavy (non-hydrogen) atoms. The summed E-state index contributed by atoms with van der Waals surface area (Å²) in [7, 11) is 1.75. The lowest BCUT2D eigenvalue weighted by Crippen LogP contribution is -2.43. The number of carbonyl (C=O) groups excluding carboxylic acids is 1. The zero-order valence-corrected chi connectivity index (χ0v) is 13.6. The number of aromatic amines is 1. The number of rotatable bonds is 2. The van der Waals surface area contributed by atoms with Gasteiger partial charge in [-0.1, -0.05) is 18.2 Å². The molecule has 6 nitrogen and oxygen atoms in total. The number of hydrogen-bond acceptors (Lipinski definition) is 3. The van der Waals surface area contributed by atoms with Crippen molar-refractivity contribution in [3.8, 4) is 0 Å². The maximum absolute atomic E-state index is 12.1. The normalized spacial score (nSPS) is 10.5. The highest BCUT2D eigenvalue weighted by Crippen LogP contribution is 2.21. The monoisotopic (exact) mass is 326 g/mol. The maximum Gasteiger partial charge on any atom is 0.324 e. The third-order valence-corrected chi connectivity index (χ3v) is 3.64. The van der Waals surface area contributed by atoms with Gasteiger partial charge >= 0.3 is 5.91 Å². The van der Waals surface area contributed by atoms with Crippen molar-refractivity contribution in [2.45, 2.75) is 6.92 Å². The third-order valence-electron chi connectivity index (χ3n) is 3.44. The zero-order chi connectivity index (χ0) is 16.4. The number of amides is 1. The highest BCUT2D eigenvalue weighted by Gasteiger charge is 2.19. The Morgan fingerprint density at radius 1 is 1.26 bits per heavy atom. The molecule has 0 atom stereocenters. The highest BCUT2D eigenvalue weighted by atomic mass is 32.1. The van der Waals surface area contributed by atoms with Crippen molar-refractivity contribution < 1.29 is 9.48 Å².